The lowest BCUT2D eigenvalue weighted by molar-refractivity contribution is -0.176. The lowest BCUT2D eigenvalue weighted by Gasteiger charge is -2.30. The van der Waals surface area contributed by atoms with Crippen LogP contribution in [0.1, 0.15) is 34.6 Å². The van der Waals surface area contributed by atoms with Gasteiger partial charge in [-0.1, -0.05) is 0 Å². The minimum Gasteiger partial charge on any atom is -0.459 e. The third-order valence-corrected chi connectivity index (χ3v) is 1.73. The molecule has 0 N–H and O–H groups in total. The van der Waals surface area contributed by atoms with Crippen LogP contribution in [-0.2, 0) is 19.1 Å². The first kappa shape index (κ1) is 11.9. The number of carbonyl (C=O) groups is 2. The molecule has 0 amide bonds. The zero-order chi connectivity index (χ0) is 10.6. The first-order valence-electron chi connectivity index (χ1n) is 4.12. The third kappa shape index (κ3) is 4.50. The Morgan fingerprint density at radius 1 is 1.15 bits per heavy atom. The van der Waals surface area contributed by atoms with Gasteiger partial charge in [-0.3, -0.25) is 9.59 Å². The molecule has 0 aliphatic heterocycles. The van der Waals surface area contributed by atoms with Crippen molar-refractivity contribution in [3.8, 4) is 0 Å². The molecule has 0 aromatic heterocycles. The summed E-state index contributed by atoms with van der Waals surface area (Å²) in [5.74, 6) is -0.767. The zero-order valence-corrected chi connectivity index (χ0v) is 8.71. The van der Waals surface area contributed by atoms with Gasteiger partial charge in [0.1, 0.15) is 11.7 Å². The van der Waals surface area contributed by atoms with Crippen LogP contribution in [0.4, 0.5) is 0 Å². The Morgan fingerprint density at radius 2 is 1.62 bits per heavy atom. The summed E-state index contributed by atoms with van der Waals surface area (Å²) in [7, 11) is 0. The van der Waals surface area contributed by atoms with E-state index in [-0.39, 0.29) is 11.9 Å². The van der Waals surface area contributed by atoms with E-state index in [4.69, 9.17) is 9.47 Å². The zero-order valence-electron chi connectivity index (χ0n) is 8.71. The lowest BCUT2D eigenvalue weighted by atomic mass is 10.0. The maximum atomic E-state index is 10.7. The number of carbonyl (C=O) groups excluding carboxylic acids is 2. The van der Waals surface area contributed by atoms with Crippen molar-refractivity contribution in [3.05, 3.63) is 0 Å². The fourth-order valence-corrected chi connectivity index (χ4v) is 0.844. The number of ether oxygens (including phenoxy) is 2. The molecule has 0 heterocycles. The van der Waals surface area contributed by atoms with E-state index >= 15 is 0 Å². The van der Waals surface area contributed by atoms with Crippen molar-refractivity contribution >= 4 is 11.9 Å². The molecule has 0 aliphatic rings. The van der Waals surface area contributed by atoms with Crippen LogP contribution in [0, 0.1) is 0 Å². The van der Waals surface area contributed by atoms with Crippen LogP contribution >= 0.6 is 0 Å². The van der Waals surface area contributed by atoms with Crippen molar-refractivity contribution in [1.82, 2.24) is 0 Å². The highest BCUT2D eigenvalue weighted by atomic mass is 16.6. The van der Waals surface area contributed by atoms with Crippen molar-refractivity contribution in [3.63, 3.8) is 0 Å². The molecule has 0 spiro atoms. The molecule has 0 aromatic rings. The second-order valence-corrected chi connectivity index (χ2v) is 3.45. The van der Waals surface area contributed by atoms with Crippen LogP contribution in [0.15, 0.2) is 0 Å². The number of hydrogen-bond donors (Lipinski definition) is 0. The van der Waals surface area contributed by atoms with E-state index in [1.165, 1.54) is 13.8 Å². The first-order chi connectivity index (χ1) is 5.75. The quantitative estimate of drug-likeness (QED) is 0.626. The summed E-state index contributed by atoms with van der Waals surface area (Å²) in [5.41, 5.74) is -0.780. The Hall–Kier alpha value is -1.06. The summed E-state index contributed by atoms with van der Waals surface area (Å²) in [5, 5.41) is 0. The fourth-order valence-electron chi connectivity index (χ4n) is 0.844. The molecule has 0 aliphatic carbocycles. The number of esters is 2. The molecular formula is C9H16O4. The largest absolute Gasteiger partial charge is 0.459 e. The Labute approximate surface area is 78.2 Å². The van der Waals surface area contributed by atoms with Gasteiger partial charge in [-0.15, -0.1) is 0 Å². The van der Waals surface area contributed by atoms with Gasteiger partial charge in [0.05, 0.1) is 0 Å². The summed E-state index contributed by atoms with van der Waals surface area (Å²) in [6, 6.07) is 0. The minimum atomic E-state index is -0.780. The van der Waals surface area contributed by atoms with E-state index < -0.39 is 11.7 Å². The van der Waals surface area contributed by atoms with Gasteiger partial charge in [-0.05, 0) is 20.8 Å². The molecule has 1 atom stereocenters. The highest BCUT2D eigenvalue weighted by Crippen LogP contribution is 2.17. The predicted octanol–water partition coefficient (Wildman–Crippen LogP) is 1.28. The Morgan fingerprint density at radius 3 is 1.92 bits per heavy atom. The fraction of sp³-hybridized carbons (Fsp3) is 0.778. The predicted molar refractivity (Wildman–Crippen MR) is 47.1 cm³/mol. The summed E-state index contributed by atoms with van der Waals surface area (Å²) in [6.07, 6.45) is -0.450. The average Bonchev–Trinajstić information content (AvgIpc) is 1.81. The van der Waals surface area contributed by atoms with Crippen LogP contribution in [0.2, 0.25) is 0 Å². The molecule has 0 radical (unpaired) electrons. The first-order valence-corrected chi connectivity index (χ1v) is 4.12. The Bertz CT molecular complexity index is 208. The standard InChI is InChI=1S/C9H16O4/c1-6(12-7(2)10)9(4,5)13-8(3)11/h6H,1-5H3/t6-/m0/s1. The maximum absolute atomic E-state index is 10.7. The SMILES string of the molecule is CC(=O)O[C@@H](C)C(C)(C)OC(C)=O. The Balaban J connectivity index is 4.25. The molecule has 0 saturated heterocycles. The summed E-state index contributed by atoms with van der Waals surface area (Å²) in [4.78, 5) is 21.3. The monoisotopic (exact) mass is 188 g/mol. The molecule has 4 nitrogen and oxygen atoms in total. The summed E-state index contributed by atoms with van der Waals surface area (Å²) >= 11 is 0. The molecule has 76 valence electrons. The van der Waals surface area contributed by atoms with Gasteiger partial charge < -0.3 is 9.47 Å². The van der Waals surface area contributed by atoms with E-state index in [1.54, 1.807) is 20.8 Å². The van der Waals surface area contributed by atoms with Crippen LogP contribution in [-0.4, -0.2) is 23.6 Å². The van der Waals surface area contributed by atoms with Crippen molar-refractivity contribution in [2.24, 2.45) is 0 Å². The minimum absolute atomic E-state index is 0.382. The summed E-state index contributed by atoms with van der Waals surface area (Å²) < 4.78 is 9.88. The van der Waals surface area contributed by atoms with Gasteiger partial charge in [0, 0.05) is 13.8 Å². The van der Waals surface area contributed by atoms with Gasteiger partial charge in [0.25, 0.3) is 0 Å². The van der Waals surface area contributed by atoms with Gasteiger partial charge >= 0.3 is 11.9 Å². The second kappa shape index (κ2) is 4.25. The van der Waals surface area contributed by atoms with Crippen molar-refractivity contribution in [2.45, 2.75) is 46.3 Å². The van der Waals surface area contributed by atoms with Crippen molar-refractivity contribution < 1.29 is 19.1 Å². The number of hydrogen-bond acceptors (Lipinski definition) is 4. The van der Waals surface area contributed by atoms with Gasteiger partial charge in [-0.2, -0.15) is 0 Å². The Kier molecular flexibility index (Phi) is 3.91. The normalized spacial score (nSPS) is 13.3. The van der Waals surface area contributed by atoms with Crippen molar-refractivity contribution in [2.75, 3.05) is 0 Å². The van der Waals surface area contributed by atoms with Gasteiger partial charge in [-0.25, -0.2) is 0 Å². The summed E-state index contributed by atoms with van der Waals surface area (Å²) in [6.45, 7) is 7.72. The van der Waals surface area contributed by atoms with Crippen LogP contribution in [0.3, 0.4) is 0 Å². The van der Waals surface area contributed by atoms with Crippen LogP contribution in [0.5, 0.6) is 0 Å². The van der Waals surface area contributed by atoms with E-state index in [0.717, 1.165) is 0 Å². The highest BCUT2D eigenvalue weighted by Gasteiger charge is 2.31. The van der Waals surface area contributed by atoms with Crippen molar-refractivity contribution in [1.29, 1.82) is 0 Å². The lowest BCUT2D eigenvalue weighted by Crippen LogP contribution is -2.41. The molecule has 0 rings (SSSR count). The molecule has 0 bridgehead atoms. The molecule has 0 saturated carbocycles. The van der Waals surface area contributed by atoms with E-state index in [1.807, 2.05) is 0 Å². The molecule has 13 heavy (non-hydrogen) atoms. The van der Waals surface area contributed by atoms with Crippen LogP contribution < -0.4 is 0 Å². The molecule has 0 aromatic carbocycles. The van der Waals surface area contributed by atoms with E-state index in [9.17, 15) is 9.59 Å². The topological polar surface area (TPSA) is 52.6 Å². The van der Waals surface area contributed by atoms with Gasteiger partial charge in [0.15, 0.2) is 0 Å². The van der Waals surface area contributed by atoms with Crippen LogP contribution in [0.25, 0.3) is 0 Å². The van der Waals surface area contributed by atoms with E-state index in [2.05, 4.69) is 0 Å². The molecule has 0 fully saturated rings. The maximum Gasteiger partial charge on any atom is 0.303 e. The second-order valence-electron chi connectivity index (χ2n) is 3.45. The molecule has 0 unspecified atom stereocenters. The van der Waals surface area contributed by atoms with E-state index in [0.29, 0.717) is 0 Å². The average molecular weight is 188 g/mol. The highest BCUT2D eigenvalue weighted by molar-refractivity contribution is 5.67. The number of rotatable bonds is 3. The van der Waals surface area contributed by atoms with Gasteiger partial charge in [0.2, 0.25) is 0 Å². The molecule has 4 heteroatoms. The third-order valence-electron chi connectivity index (χ3n) is 1.73. The smallest absolute Gasteiger partial charge is 0.303 e. The molecular weight excluding hydrogens is 172 g/mol.